The van der Waals surface area contributed by atoms with Crippen LogP contribution in [-0.2, 0) is 4.74 Å². The van der Waals surface area contributed by atoms with Crippen molar-refractivity contribution in [2.45, 2.75) is 78.7 Å². The molecule has 24 heavy (non-hydrogen) atoms. The van der Waals surface area contributed by atoms with E-state index in [0.29, 0.717) is 5.56 Å². The second-order valence-electron chi connectivity index (χ2n) is 6.71. The molecule has 3 nitrogen and oxygen atoms in total. The van der Waals surface area contributed by atoms with Gasteiger partial charge in [-0.3, -0.25) is 0 Å². The molecule has 0 fully saturated rings. The number of hydrogen-bond donors (Lipinski definition) is 0. The topological polar surface area (TPSA) is 35.5 Å². The van der Waals surface area contributed by atoms with E-state index in [9.17, 15) is 4.79 Å². The highest BCUT2D eigenvalue weighted by Gasteiger charge is 2.10. The molecule has 0 aliphatic rings. The van der Waals surface area contributed by atoms with Crippen LogP contribution in [0.4, 0.5) is 0 Å². The van der Waals surface area contributed by atoms with Gasteiger partial charge in [-0.05, 0) is 49.9 Å². The first kappa shape index (κ1) is 20.5. The van der Waals surface area contributed by atoms with Crippen LogP contribution < -0.4 is 4.74 Å². The molecule has 0 aliphatic carbocycles. The Labute approximate surface area is 147 Å². The third kappa shape index (κ3) is 8.37. The van der Waals surface area contributed by atoms with Crippen molar-refractivity contribution in [2.24, 2.45) is 5.92 Å². The number of hydrogen-bond acceptors (Lipinski definition) is 3. The second-order valence-corrected chi connectivity index (χ2v) is 6.71. The molecule has 0 spiro atoms. The molecule has 3 heteroatoms. The smallest absolute Gasteiger partial charge is 0.338 e. The van der Waals surface area contributed by atoms with Gasteiger partial charge in [0.2, 0.25) is 0 Å². The van der Waals surface area contributed by atoms with E-state index in [1.807, 2.05) is 26.0 Å². The lowest BCUT2D eigenvalue weighted by molar-refractivity contribution is 0.0334. The summed E-state index contributed by atoms with van der Waals surface area (Å²) in [6, 6.07) is 7.23. The van der Waals surface area contributed by atoms with Gasteiger partial charge in [-0.15, -0.1) is 0 Å². The Morgan fingerprint density at radius 3 is 2.25 bits per heavy atom. The third-order valence-electron chi connectivity index (χ3n) is 4.53. The third-order valence-corrected chi connectivity index (χ3v) is 4.53. The molecule has 136 valence electrons. The second kappa shape index (κ2) is 11.9. The van der Waals surface area contributed by atoms with Crippen molar-refractivity contribution in [3.8, 4) is 5.75 Å². The van der Waals surface area contributed by atoms with Gasteiger partial charge in [-0.2, -0.15) is 0 Å². The summed E-state index contributed by atoms with van der Waals surface area (Å²) in [6.07, 6.45) is 8.30. The first-order valence-corrected chi connectivity index (χ1v) is 9.50. The SMILES string of the molecule is CCC(C)CCCCCCOc1ccc(C(=O)OC(C)CC)cc1. The summed E-state index contributed by atoms with van der Waals surface area (Å²) in [5.41, 5.74) is 0.577. The van der Waals surface area contributed by atoms with Crippen molar-refractivity contribution in [1.82, 2.24) is 0 Å². The predicted octanol–water partition coefficient (Wildman–Crippen LogP) is 6.02. The van der Waals surface area contributed by atoms with E-state index in [1.54, 1.807) is 12.1 Å². The highest BCUT2D eigenvalue weighted by atomic mass is 16.5. The molecule has 0 N–H and O–H groups in total. The Hall–Kier alpha value is -1.51. The van der Waals surface area contributed by atoms with Gasteiger partial charge < -0.3 is 9.47 Å². The fourth-order valence-electron chi connectivity index (χ4n) is 2.36. The zero-order valence-corrected chi connectivity index (χ0v) is 15.8. The molecule has 0 saturated heterocycles. The highest BCUT2D eigenvalue weighted by Crippen LogP contribution is 2.16. The molecule has 0 aromatic heterocycles. The fraction of sp³-hybridized carbons (Fsp3) is 0.667. The molecule has 1 aromatic carbocycles. The molecule has 2 unspecified atom stereocenters. The zero-order chi connectivity index (χ0) is 17.8. The van der Waals surface area contributed by atoms with Crippen LogP contribution >= 0.6 is 0 Å². The van der Waals surface area contributed by atoms with Gasteiger partial charge in [0.1, 0.15) is 5.75 Å². The van der Waals surface area contributed by atoms with E-state index in [2.05, 4.69) is 13.8 Å². The first-order valence-electron chi connectivity index (χ1n) is 9.50. The maximum atomic E-state index is 11.9. The summed E-state index contributed by atoms with van der Waals surface area (Å²) in [6.45, 7) is 9.22. The number of ether oxygens (including phenoxy) is 2. The van der Waals surface area contributed by atoms with E-state index in [1.165, 1.54) is 32.1 Å². The summed E-state index contributed by atoms with van der Waals surface area (Å²) in [7, 11) is 0. The van der Waals surface area contributed by atoms with E-state index in [4.69, 9.17) is 9.47 Å². The maximum Gasteiger partial charge on any atom is 0.338 e. The predicted molar refractivity (Wildman–Crippen MR) is 99.6 cm³/mol. The lowest BCUT2D eigenvalue weighted by Crippen LogP contribution is -2.13. The van der Waals surface area contributed by atoms with Crippen LogP contribution in [0, 0.1) is 5.92 Å². The minimum Gasteiger partial charge on any atom is -0.494 e. The summed E-state index contributed by atoms with van der Waals surface area (Å²) in [4.78, 5) is 11.9. The van der Waals surface area contributed by atoms with E-state index >= 15 is 0 Å². The van der Waals surface area contributed by atoms with Crippen LogP contribution in [0.1, 0.15) is 83.0 Å². The van der Waals surface area contributed by atoms with Crippen molar-refractivity contribution in [3.63, 3.8) is 0 Å². The van der Waals surface area contributed by atoms with Crippen LogP contribution in [-0.4, -0.2) is 18.7 Å². The zero-order valence-electron chi connectivity index (χ0n) is 15.8. The maximum absolute atomic E-state index is 11.9. The largest absolute Gasteiger partial charge is 0.494 e. The number of benzene rings is 1. The Kier molecular flexibility index (Phi) is 10.2. The quantitative estimate of drug-likeness (QED) is 0.346. The summed E-state index contributed by atoms with van der Waals surface area (Å²) < 4.78 is 11.0. The first-order chi connectivity index (χ1) is 11.6. The number of esters is 1. The highest BCUT2D eigenvalue weighted by molar-refractivity contribution is 5.89. The van der Waals surface area contributed by atoms with E-state index in [0.717, 1.165) is 31.1 Å². The monoisotopic (exact) mass is 334 g/mol. The number of carbonyl (C=O) groups is 1. The van der Waals surface area contributed by atoms with Crippen LogP contribution in [0.25, 0.3) is 0 Å². The van der Waals surface area contributed by atoms with Crippen molar-refractivity contribution >= 4 is 5.97 Å². The van der Waals surface area contributed by atoms with Crippen LogP contribution in [0.15, 0.2) is 24.3 Å². The van der Waals surface area contributed by atoms with Crippen molar-refractivity contribution in [2.75, 3.05) is 6.61 Å². The van der Waals surface area contributed by atoms with E-state index in [-0.39, 0.29) is 12.1 Å². The fourth-order valence-corrected chi connectivity index (χ4v) is 2.36. The van der Waals surface area contributed by atoms with E-state index < -0.39 is 0 Å². The van der Waals surface area contributed by atoms with Gasteiger partial charge in [0.25, 0.3) is 0 Å². The Morgan fingerprint density at radius 2 is 1.62 bits per heavy atom. The number of rotatable bonds is 12. The average Bonchev–Trinajstić information content (AvgIpc) is 2.60. The van der Waals surface area contributed by atoms with Gasteiger partial charge in [0.05, 0.1) is 18.3 Å². The lowest BCUT2D eigenvalue weighted by atomic mass is 10.0. The molecule has 0 radical (unpaired) electrons. The molecule has 0 saturated carbocycles. The minimum absolute atomic E-state index is 0.0475. The number of carbonyl (C=O) groups excluding carboxylic acids is 1. The summed E-state index contributed by atoms with van der Waals surface area (Å²) in [5.74, 6) is 1.40. The van der Waals surface area contributed by atoms with Gasteiger partial charge in [-0.1, -0.05) is 52.9 Å². The van der Waals surface area contributed by atoms with Crippen molar-refractivity contribution in [1.29, 1.82) is 0 Å². The number of unbranched alkanes of at least 4 members (excludes halogenated alkanes) is 3. The summed E-state index contributed by atoms with van der Waals surface area (Å²) in [5, 5.41) is 0. The molecule has 1 aromatic rings. The Morgan fingerprint density at radius 1 is 0.958 bits per heavy atom. The van der Waals surface area contributed by atoms with Gasteiger partial charge >= 0.3 is 5.97 Å². The normalized spacial score (nSPS) is 13.3. The van der Waals surface area contributed by atoms with Crippen LogP contribution in [0.5, 0.6) is 5.75 Å². The summed E-state index contributed by atoms with van der Waals surface area (Å²) >= 11 is 0. The van der Waals surface area contributed by atoms with Crippen molar-refractivity contribution in [3.05, 3.63) is 29.8 Å². The average molecular weight is 335 g/mol. The van der Waals surface area contributed by atoms with Gasteiger partial charge in [0, 0.05) is 0 Å². The van der Waals surface area contributed by atoms with Crippen LogP contribution in [0.3, 0.4) is 0 Å². The molecule has 0 aliphatic heterocycles. The van der Waals surface area contributed by atoms with Crippen molar-refractivity contribution < 1.29 is 14.3 Å². The lowest BCUT2D eigenvalue weighted by Gasteiger charge is -2.11. The van der Waals surface area contributed by atoms with Crippen LogP contribution in [0.2, 0.25) is 0 Å². The molecule has 0 heterocycles. The Bertz CT molecular complexity index is 453. The van der Waals surface area contributed by atoms with Gasteiger partial charge in [0.15, 0.2) is 0 Å². The standard InChI is InChI=1S/C21H34O3/c1-5-17(3)11-9-7-8-10-16-23-20-14-12-19(13-15-20)21(22)24-18(4)6-2/h12-15,17-18H,5-11,16H2,1-4H3. The molecular weight excluding hydrogens is 300 g/mol. The molecule has 0 amide bonds. The minimum atomic E-state index is -0.266. The molecule has 1 rings (SSSR count). The van der Waals surface area contributed by atoms with Gasteiger partial charge in [-0.25, -0.2) is 4.79 Å². The Balaban J connectivity index is 2.19. The molecular formula is C21H34O3. The molecule has 0 bridgehead atoms. The molecule has 2 atom stereocenters.